The maximum atomic E-state index is 13.6. The van der Waals surface area contributed by atoms with Gasteiger partial charge in [0.25, 0.3) is 0 Å². The van der Waals surface area contributed by atoms with Crippen LogP contribution in [0.25, 0.3) is 0 Å². The summed E-state index contributed by atoms with van der Waals surface area (Å²) in [5.74, 6) is 1.62. The molecule has 0 radical (unpaired) electrons. The van der Waals surface area contributed by atoms with Crippen molar-refractivity contribution >= 4 is 5.97 Å². The van der Waals surface area contributed by atoms with Crippen LogP contribution in [0.15, 0.2) is 0 Å². The summed E-state index contributed by atoms with van der Waals surface area (Å²) >= 11 is 0. The number of hydrogen-bond acceptors (Lipinski definition) is 2. The third-order valence-corrected chi connectivity index (χ3v) is 11.2. The predicted octanol–water partition coefficient (Wildman–Crippen LogP) is 16.5. The van der Waals surface area contributed by atoms with Gasteiger partial charge in [0, 0.05) is 0 Å². The molecule has 0 N–H and O–H groups in total. The molecule has 0 spiro atoms. The minimum atomic E-state index is 0.124. The summed E-state index contributed by atoms with van der Waals surface area (Å²) in [6, 6.07) is 0. The monoisotopic (exact) mass is 677 g/mol. The van der Waals surface area contributed by atoms with Crippen LogP contribution in [0.5, 0.6) is 0 Å². The fourth-order valence-electron chi connectivity index (χ4n) is 7.77. The number of rotatable bonds is 40. The second-order valence-electron chi connectivity index (χ2n) is 16.1. The molecule has 3 atom stereocenters. The quantitative estimate of drug-likeness (QED) is 0.0477. The van der Waals surface area contributed by atoms with Gasteiger partial charge in [-0.15, -0.1) is 0 Å². The summed E-state index contributed by atoms with van der Waals surface area (Å²) in [6.07, 6.45) is 47.9. The van der Waals surface area contributed by atoms with E-state index >= 15 is 0 Å². The van der Waals surface area contributed by atoms with Gasteiger partial charge in [-0.05, 0) is 37.5 Å². The van der Waals surface area contributed by atoms with Gasteiger partial charge in [-0.3, -0.25) is 4.79 Å². The summed E-state index contributed by atoms with van der Waals surface area (Å²) in [7, 11) is 0. The Hall–Kier alpha value is -0.530. The van der Waals surface area contributed by atoms with Gasteiger partial charge in [0.15, 0.2) is 0 Å². The first-order valence-electron chi connectivity index (χ1n) is 22.8. The molecule has 0 amide bonds. The van der Waals surface area contributed by atoms with Crippen molar-refractivity contribution in [2.75, 3.05) is 6.61 Å². The van der Waals surface area contributed by atoms with E-state index in [-0.39, 0.29) is 11.9 Å². The Labute approximate surface area is 304 Å². The zero-order valence-electron chi connectivity index (χ0n) is 34.2. The van der Waals surface area contributed by atoms with Gasteiger partial charge in [0.1, 0.15) is 0 Å². The second-order valence-corrected chi connectivity index (χ2v) is 16.1. The van der Waals surface area contributed by atoms with Crippen LogP contribution in [0.3, 0.4) is 0 Å². The van der Waals surface area contributed by atoms with Crippen molar-refractivity contribution in [2.45, 2.75) is 266 Å². The minimum absolute atomic E-state index is 0.124. The zero-order chi connectivity index (χ0) is 35.2. The maximum Gasteiger partial charge on any atom is 0.308 e. The highest BCUT2D eigenvalue weighted by atomic mass is 16.5. The highest BCUT2D eigenvalue weighted by Crippen LogP contribution is 2.29. The molecule has 0 saturated carbocycles. The highest BCUT2D eigenvalue weighted by Gasteiger charge is 2.23. The van der Waals surface area contributed by atoms with E-state index in [0.29, 0.717) is 12.5 Å². The van der Waals surface area contributed by atoms with Crippen molar-refractivity contribution in [3.8, 4) is 0 Å². The summed E-state index contributed by atoms with van der Waals surface area (Å²) in [5.41, 5.74) is 0. The van der Waals surface area contributed by atoms with Gasteiger partial charge in [0.05, 0.1) is 12.5 Å². The van der Waals surface area contributed by atoms with Crippen molar-refractivity contribution in [2.24, 2.45) is 17.8 Å². The Kier molecular flexibility index (Phi) is 38.8. The lowest BCUT2D eigenvalue weighted by atomic mass is 9.85. The fourth-order valence-corrected chi connectivity index (χ4v) is 7.77. The first kappa shape index (κ1) is 47.5. The lowest BCUT2D eigenvalue weighted by molar-refractivity contribution is -0.151. The average Bonchev–Trinajstić information content (AvgIpc) is 3.10. The lowest BCUT2D eigenvalue weighted by Crippen LogP contribution is -2.23. The average molecular weight is 677 g/mol. The third-order valence-electron chi connectivity index (χ3n) is 11.2. The van der Waals surface area contributed by atoms with Gasteiger partial charge in [-0.25, -0.2) is 0 Å². The number of unbranched alkanes of at least 4 members (excludes halogenated alkanes) is 25. The van der Waals surface area contributed by atoms with Crippen LogP contribution in [0, 0.1) is 17.8 Å². The fraction of sp³-hybridized carbons (Fsp3) is 0.978. The molecule has 2 heteroatoms. The molecule has 0 rings (SSSR count). The first-order valence-corrected chi connectivity index (χ1v) is 22.8. The number of carbonyl (C=O) groups is 1. The molecule has 0 aliphatic rings. The van der Waals surface area contributed by atoms with Crippen LogP contribution < -0.4 is 0 Å². The van der Waals surface area contributed by atoms with Crippen LogP contribution in [0.4, 0.5) is 0 Å². The molecule has 0 heterocycles. The second kappa shape index (κ2) is 39.3. The lowest BCUT2D eigenvalue weighted by Gasteiger charge is -2.25. The molecule has 3 unspecified atom stereocenters. The van der Waals surface area contributed by atoms with Crippen LogP contribution in [-0.2, 0) is 9.53 Å². The SMILES string of the molecule is CCCCCCCCCCCCCCC(CCCCCCCCCCCC)C(=O)OCC(CCCC)CC(CCCC)CCCCCC. The molecule has 0 aromatic rings. The van der Waals surface area contributed by atoms with E-state index in [1.165, 1.54) is 218 Å². The van der Waals surface area contributed by atoms with Crippen molar-refractivity contribution in [3.63, 3.8) is 0 Å². The largest absolute Gasteiger partial charge is 0.465 e. The van der Waals surface area contributed by atoms with Crippen LogP contribution in [0.2, 0.25) is 0 Å². The molecule has 0 aliphatic heterocycles. The Balaban J connectivity index is 4.81. The van der Waals surface area contributed by atoms with E-state index in [2.05, 4.69) is 34.6 Å². The standard InChI is InChI=1S/C46H92O2/c1-6-11-16-19-21-23-25-26-28-30-32-35-40-45(39-34-31-29-27-24-22-20-17-12-7-2)46(47)48-42-44(37-15-10-5)41-43(36-14-9-4)38-33-18-13-8-3/h43-45H,6-42H2,1-5H3. The van der Waals surface area contributed by atoms with Gasteiger partial charge in [-0.1, -0.05) is 240 Å². The number of ether oxygens (including phenoxy) is 1. The molecular weight excluding hydrogens is 585 g/mol. The molecule has 0 aromatic heterocycles. The van der Waals surface area contributed by atoms with Crippen molar-refractivity contribution < 1.29 is 9.53 Å². The number of carbonyl (C=O) groups excluding carboxylic acids is 1. The smallest absolute Gasteiger partial charge is 0.308 e. The highest BCUT2D eigenvalue weighted by molar-refractivity contribution is 5.72. The van der Waals surface area contributed by atoms with Crippen molar-refractivity contribution in [1.29, 1.82) is 0 Å². The Morgan fingerprint density at radius 1 is 0.354 bits per heavy atom. The van der Waals surface area contributed by atoms with Crippen molar-refractivity contribution in [3.05, 3.63) is 0 Å². The Morgan fingerprint density at radius 3 is 1.04 bits per heavy atom. The molecule has 288 valence electrons. The summed E-state index contributed by atoms with van der Waals surface area (Å²) in [5, 5.41) is 0. The molecule has 0 aromatic carbocycles. The first-order chi connectivity index (χ1) is 23.6. The summed E-state index contributed by atoms with van der Waals surface area (Å²) < 4.78 is 6.27. The number of esters is 1. The van der Waals surface area contributed by atoms with Crippen molar-refractivity contribution in [1.82, 2.24) is 0 Å². The molecule has 0 bridgehead atoms. The van der Waals surface area contributed by atoms with E-state index < -0.39 is 0 Å². The van der Waals surface area contributed by atoms with E-state index in [1.54, 1.807) is 0 Å². The van der Waals surface area contributed by atoms with E-state index in [4.69, 9.17) is 4.74 Å². The van der Waals surface area contributed by atoms with E-state index in [0.717, 1.165) is 18.8 Å². The topological polar surface area (TPSA) is 26.3 Å². The van der Waals surface area contributed by atoms with E-state index in [1.807, 2.05) is 0 Å². The zero-order valence-corrected chi connectivity index (χ0v) is 34.2. The Bertz CT molecular complexity index is 615. The van der Waals surface area contributed by atoms with Crippen LogP contribution in [0.1, 0.15) is 266 Å². The third kappa shape index (κ3) is 32.7. The van der Waals surface area contributed by atoms with Gasteiger partial charge < -0.3 is 4.74 Å². The maximum absolute atomic E-state index is 13.6. The van der Waals surface area contributed by atoms with E-state index in [9.17, 15) is 4.79 Å². The van der Waals surface area contributed by atoms with Crippen LogP contribution >= 0.6 is 0 Å². The molecule has 2 nitrogen and oxygen atoms in total. The molecule has 0 saturated heterocycles. The van der Waals surface area contributed by atoms with Crippen LogP contribution in [-0.4, -0.2) is 12.6 Å². The van der Waals surface area contributed by atoms with Gasteiger partial charge >= 0.3 is 5.97 Å². The van der Waals surface area contributed by atoms with Gasteiger partial charge in [0.2, 0.25) is 0 Å². The minimum Gasteiger partial charge on any atom is -0.465 e. The molecule has 0 aliphatic carbocycles. The molecular formula is C46H92O2. The Morgan fingerprint density at radius 2 is 0.646 bits per heavy atom. The van der Waals surface area contributed by atoms with Gasteiger partial charge in [-0.2, -0.15) is 0 Å². The predicted molar refractivity (Wildman–Crippen MR) is 216 cm³/mol. The summed E-state index contributed by atoms with van der Waals surface area (Å²) in [6.45, 7) is 12.2. The molecule has 0 fully saturated rings. The normalized spacial score (nSPS) is 13.5. The summed E-state index contributed by atoms with van der Waals surface area (Å²) in [4.78, 5) is 13.6. The number of hydrogen-bond donors (Lipinski definition) is 0. The molecule has 48 heavy (non-hydrogen) atoms.